The first-order valence-corrected chi connectivity index (χ1v) is 22.8. The minimum atomic E-state index is -4.41. The van der Waals surface area contributed by atoms with Crippen LogP contribution in [0, 0.1) is 0 Å². The number of hydrogen-bond donors (Lipinski definition) is 3. The van der Waals surface area contributed by atoms with Crippen molar-refractivity contribution in [3.05, 3.63) is 24.3 Å². The van der Waals surface area contributed by atoms with Crippen LogP contribution >= 0.6 is 7.82 Å². The van der Waals surface area contributed by atoms with Gasteiger partial charge in [-0.25, -0.2) is 4.57 Å². The fourth-order valence-corrected chi connectivity index (χ4v) is 6.60. The highest BCUT2D eigenvalue weighted by molar-refractivity contribution is 7.47. The lowest BCUT2D eigenvalue weighted by Crippen LogP contribution is -2.27. The second-order valence-electron chi connectivity index (χ2n) is 14.3. The van der Waals surface area contributed by atoms with Gasteiger partial charge in [-0.2, -0.15) is 0 Å². The van der Waals surface area contributed by atoms with E-state index in [2.05, 4.69) is 43.5 Å². The third-order valence-electron chi connectivity index (χ3n) is 9.10. The maximum atomic E-state index is 12.1. The highest BCUT2D eigenvalue weighted by atomic mass is 31.2. The molecule has 0 bridgehead atoms. The van der Waals surface area contributed by atoms with Gasteiger partial charge in [0.1, 0.15) is 12.7 Å². The summed E-state index contributed by atoms with van der Waals surface area (Å²) < 4.78 is 26.8. The summed E-state index contributed by atoms with van der Waals surface area (Å²) in [7, 11) is -4.41. The lowest BCUT2D eigenvalue weighted by Gasteiger charge is -2.15. The van der Waals surface area contributed by atoms with Crippen LogP contribution in [0.25, 0.3) is 0 Å². The maximum absolute atomic E-state index is 12.1. The number of ether oxygens (including phenoxy) is 1. The molecule has 52 heavy (non-hydrogen) atoms. The maximum Gasteiger partial charge on any atom is 0.472 e. The number of aliphatic hydroxyl groups excluding tert-OH is 1. The summed E-state index contributed by atoms with van der Waals surface area (Å²) >= 11 is 0. The Hall–Kier alpha value is -1.51. The van der Waals surface area contributed by atoms with Gasteiger partial charge in [0, 0.05) is 19.4 Å². The first-order chi connectivity index (χ1) is 25.3. The summed E-state index contributed by atoms with van der Waals surface area (Å²) in [5.74, 6) is -0.526. The van der Waals surface area contributed by atoms with Gasteiger partial charge in [0.25, 0.3) is 0 Å². The zero-order valence-corrected chi connectivity index (χ0v) is 34.4. The topological polar surface area (TPSA) is 131 Å². The van der Waals surface area contributed by atoms with Gasteiger partial charge in [-0.05, 0) is 64.2 Å². The van der Waals surface area contributed by atoms with Gasteiger partial charge in [0.05, 0.1) is 13.2 Å². The number of phosphoric acid groups is 1. The summed E-state index contributed by atoms with van der Waals surface area (Å²) in [5.41, 5.74) is 0. The average molecular weight is 758 g/mol. The summed E-state index contributed by atoms with van der Waals surface area (Å²) in [6.45, 7) is 3.53. The van der Waals surface area contributed by atoms with Crippen LogP contribution in [0.3, 0.4) is 0 Å². The van der Waals surface area contributed by atoms with Crippen LogP contribution in [0.2, 0.25) is 0 Å². The predicted octanol–water partition coefficient (Wildman–Crippen LogP) is 11.6. The number of amides is 1. The normalized spacial score (nSPS) is 13.5. The predicted molar refractivity (Wildman–Crippen MR) is 215 cm³/mol. The molecule has 2 unspecified atom stereocenters. The minimum Gasteiger partial charge on any atom is -0.463 e. The van der Waals surface area contributed by atoms with Gasteiger partial charge in [0.2, 0.25) is 5.91 Å². The van der Waals surface area contributed by atoms with Crippen molar-refractivity contribution >= 4 is 19.7 Å². The number of esters is 1. The second kappa shape index (κ2) is 39.2. The number of hydrogen-bond acceptors (Lipinski definition) is 7. The third-order valence-corrected chi connectivity index (χ3v) is 10.1. The minimum absolute atomic E-state index is 0.0800. The van der Waals surface area contributed by atoms with Gasteiger partial charge in [-0.3, -0.25) is 18.6 Å². The van der Waals surface area contributed by atoms with Crippen molar-refractivity contribution in [2.75, 3.05) is 26.4 Å². The molecule has 0 aliphatic rings. The first kappa shape index (κ1) is 50.5. The first-order valence-electron chi connectivity index (χ1n) is 21.3. The third kappa shape index (κ3) is 39.7. The molecule has 306 valence electrons. The van der Waals surface area contributed by atoms with Crippen LogP contribution in [0.1, 0.15) is 200 Å². The Labute approximate surface area is 319 Å². The molecule has 0 aromatic rings. The Morgan fingerprint density at radius 3 is 1.44 bits per heavy atom. The molecule has 1 amide bonds. The largest absolute Gasteiger partial charge is 0.472 e. The molecule has 0 heterocycles. The Morgan fingerprint density at radius 2 is 0.981 bits per heavy atom. The summed E-state index contributed by atoms with van der Waals surface area (Å²) in [4.78, 5) is 33.9. The lowest BCUT2D eigenvalue weighted by molar-refractivity contribution is -0.147. The zero-order chi connectivity index (χ0) is 38.2. The van der Waals surface area contributed by atoms with Crippen molar-refractivity contribution < 1.29 is 37.9 Å². The lowest BCUT2D eigenvalue weighted by atomic mass is 10.1. The van der Waals surface area contributed by atoms with E-state index in [0.717, 1.165) is 57.8 Å². The van der Waals surface area contributed by atoms with E-state index in [9.17, 15) is 24.2 Å². The fraction of sp³-hybridized carbons (Fsp3) is 0.857. The van der Waals surface area contributed by atoms with E-state index < -0.39 is 26.5 Å². The van der Waals surface area contributed by atoms with Crippen molar-refractivity contribution in [1.29, 1.82) is 0 Å². The van der Waals surface area contributed by atoms with Crippen LogP contribution in [0.5, 0.6) is 0 Å². The number of aliphatic hydroxyl groups is 1. The molecule has 10 heteroatoms. The summed E-state index contributed by atoms with van der Waals surface area (Å²) in [6, 6.07) is 0. The van der Waals surface area contributed by atoms with Crippen LogP contribution in [-0.4, -0.2) is 54.3 Å². The highest BCUT2D eigenvalue weighted by Crippen LogP contribution is 2.42. The smallest absolute Gasteiger partial charge is 0.463 e. The zero-order valence-electron chi connectivity index (χ0n) is 33.5. The molecule has 0 aromatic heterocycles. The van der Waals surface area contributed by atoms with Crippen molar-refractivity contribution in [2.45, 2.75) is 206 Å². The molecule has 3 N–H and O–H groups in total. The van der Waals surface area contributed by atoms with E-state index in [0.29, 0.717) is 6.42 Å². The van der Waals surface area contributed by atoms with E-state index in [1.165, 1.54) is 116 Å². The number of nitrogens with one attached hydrogen (secondary N) is 1. The average Bonchev–Trinajstić information content (AvgIpc) is 3.13. The molecule has 0 aliphatic carbocycles. The van der Waals surface area contributed by atoms with Crippen molar-refractivity contribution in [2.24, 2.45) is 0 Å². The number of carbonyl (C=O) groups excluding carboxylic acids is 2. The number of phosphoric ester groups is 1. The van der Waals surface area contributed by atoms with E-state index in [-0.39, 0.29) is 32.1 Å². The number of carbonyl (C=O) groups is 2. The molecular formula is C42H80NO8P. The van der Waals surface area contributed by atoms with Gasteiger partial charge in [-0.1, -0.05) is 147 Å². The molecule has 0 fully saturated rings. The standard InChI is InChI=1S/C42H80NO8P/c1-3-5-7-9-11-13-15-17-19-20-21-22-24-26-28-30-32-34-41(45)43-36-37-50-52(47,48)51-39-40(44)38-49-42(46)35-33-31-29-27-25-23-18-16-14-12-10-8-6-4-2/h16-19,40,44H,3-15,20-39H2,1-2H3,(H,43,45)(H,47,48)/b18-16-,19-17-. The SMILES string of the molecule is CCCCCCC/C=C\CCCCCCCC(=O)OCC(O)COP(=O)(O)OCCNC(=O)CCCCCCCCC/C=C\CCCCCCCC. The molecule has 2 atom stereocenters. The molecule has 9 nitrogen and oxygen atoms in total. The van der Waals surface area contributed by atoms with Crippen LogP contribution in [0.15, 0.2) is 24.3 Å². The highest BCUT2D eigenvalue weighted by Gasteiger charge is 2.23. The molecule has 0 radical (unpaired) electrons. The molecule has 0 spiro atoms. The quantitative estimate of drug-likeness (QED) is 0.0244. The molecule has 0 saturated heterocycles. The van der Waals surface area contributed by atoms with E-state index >= 15 is 0 Å². The summed E-state index contributed by atoms with van der Waals surface area (Å²) in [5, 5.41) is 12.7. The van der Waals surface area contributed by atoms with Crippen LogP contribution in [-0.2, 0) is 27.9 Å². The van der Waals surface area contributed by atoms with Crippen molar-refractivity contribution in [3.8, 4) is 0 Å². The van der Waals surface area contributed by atoms with Crippen molar-refractivity contribution in [1.82, 2.24) is 5.32 Å². The van der Waals surface area contributed by atoms with Gasteiger partial charge in [-0.15, -0.1) is 0 Å². The Balaban J connectivity index is 3.60. The van der Waals surface area contributed by atoms with Gasteiger partial charge in [0.15, 0.2) is 0 Å². The monoisotopic (exact) mass is 758 g/mol. The number of allylic oxidation sites excluding steroid dienone is 4. The van der Waals surface area contributed by atoms with Crippen molar-refractivity contribution in [3.63, 3.8) is 0 Å². The van der Waals surface area contributed by atoms with Crippen LogP contribution in [0.4, 0.5) is 0 Å². The molecule has 0 rings (SSSR count). The second-order valence-corrected chi connectivity index (χ2v) is 15.8. The van der Waals surface area contributed by atoms with E-state index in [1.807, 2.05) is 0 Å². The molecule has 0 saturated carbocycles. The number of rotatable bonds is 40. The Kier molecular flexibility index (Phi) is 38.1. The Morgan fingerprint density at radius 1 is 0.577 bits per heavy atom. The fourth-order valence-electron chi connectivity index (χ4n) is 5.84. The molecule has 0 aromatic carbocycles. The van der Waals surface area contributed by atoms with Gasteiger partial charge >= 0.3 is 13.8 Å². The molecular weight excluding hydrogens is 677 g/mol. The Bertz CT molecular complexity index is 912. The van der Waals surface area contributed by atoms with E-state index in [1.54, 1.807) is 0 Å². The van der Waals surface area contributed by atoms with Crippen LogP contribution < -0.4 is 5.32 Å². The van der Waals surface area contributed by atoms with Gasteiger partial charge < -0.3 is 20.1 Å². The molecule has 0 aliphatic heterocycles. The summed E-state index contributed by atoms with van der Waals surface area (Å²) in [6.07, 6.45) is 41.0. The number of unbranched alkanes of at least 4 members (excludes halogenated alkanes) is 23. The van der Waals surface area contributed by atoms with E-state index in [4.69, 9.17) is 13.8 Å².